The Morgan fingerprint density at radius 3 is 2.41 bits per heavy atom. The van der Waals surface area contributed by atoms with Gasteiger partial charge in [-0.05, 0) is 12.1 Å². The second kappa shape index (κ2) is 4.96. The molecular weight excluding hydrogens is 302 g/mol. The van der Waals surface area contributed by atoms with Crippen LogP contribution in [0.3, 0.4) is 0 Å². The summed E-state index contributed by atoms with van der Waals surface area (Å²) in [7, 11) is 0.0974. The topological polar surface area (TPSA) is 83.5 Å². The Bertz CT molecular complexity index is 861. The molecule has 1 heterocycles. The first-order valence-corrected chi connectivity index (χ1v) is 8.28. The number of amides is 1. The van der Waals surface area contributed by atoms with Crippen LogP contribution in [0.1, 0.15) is 0 Å². The lowest BCUT2D eigenvalue weighted by molar-refractivity contribution is -0.117. The maximum atomic E-state index is 12.7. The van der Waals surface area contributed by atoms with Gasteiger partial charge < -0.3 is 10.6 Å². The van der Waals surface area contributed by atoms with Gasteiger partial charge >= 0.3 is 0 Å². The molecule has 7 heteroatoms. The minimum absolute atomic E-state index is 0.154. The van der Waals surface area contributed by atoms with Crippen molar-refractivity contribution in [2.75, 3.05) is 25.5 Å². The van der Waals surface area contributed by atoms with Gasteiger partial charge in [-0.1, -0.05) is 24.3 Å². The van der Waals surface area contributed by atoms with Crippen molar-refractivity contribution in [2.45, 2.75) is 10.9 Å². The fourth-order valence-corrected chi connectivity index (χ4v) is 4.36. The Morgan fingerprint density at radius 2 is 1.82 bits per heavy atom. The molecule has 1 saturated heterocycles. The molecule has 2 atom stereocenters. The normalized spacial score (nSPS) is 20.8. The number of nitrogens with zero attached hydrogens (tertiary/aromatic N) is 2. The number of hydrogen-bond acceptors (Lipinski definition) is 4. The van der Waals surface area contributed by atoms with E-state index in [2.05, 4.69) is 0 Å². The van der Waals surface area contributed by atoms with Gasteiger partial charge in [0.05, 0.1) is 4.90 Å². The Morgan fingerprint density at radius 1 is 1.18 bits per heavy atom. The SMILES string of the molecule is CN(C)c1cccc2c(S(=O)(=O)N3CC3C(N)=O)cccc12. The van der Waals surface area contributed by atoms with Crippen molar-refractivity contribution in [1.82, 2.24) is 4.31 Å². The van der Waals surface area contributed by atoms with E-state index in [9.17, 15) is 13.2 Å². The van der Waals surface area contributed by atoms with Crippen LogP contribution in [-0.4, -0.2) is 45.3 Å². The molecule has 1 aliphatic heterocycles. The molecule has 0 bridgehead atoms. The first-order valence-electron chi connectivity index (χ1n) is 6.84. The number of nitrogens with two attached hydrogens (primary N) is 1. The highest BCUT2D eigenvalue weighted by atomic mass is 32.2. The number of anilines is 1. The summed E-state index contributed by atoms with van der Waals surface area (Å²) in [6.07, 6.45) is 0. The van der Waals surface area contributed by atoms with Crippen LogP contribution in [-0.2, 0) is 14.8 Å². The molecule has 2 unspecified atom stereocenters. The number of sulfonamides is 1. The minimum Gasteiger partial charge on any atom is -0.377 e. The largest absolute Gasteiger partial charge is 0.377 e. The van der Waals surface area contributed by atoms with Gasteiger partial charge in [0.15, 0.2) is 0 Å². The van der Waals surface area contributed by atoms with Crippen molar-refractivity contribution in [1.29, 1.82) is 0 Å². The summed E-state index contributed by atoms with van der Waals surface area (Å²) in [5.41, 5.74) is 6.12. The summed E-state index contributed by atoms with van der Waals surface area (Å²) >= 11 is 0. The molecule has 1 fully saturated rings. The molecule has 116 valence electrons. The van der Waals surface area contributed by atoms with Crippen molar-refractivity contribution < 1.29 is 13.2 Å². The number of hydrogen-bond donors (Lipinski definition) is 1. The van der Waals surface area contributed by atoms with Gasteiger partial charge in [0, 0.05) is 37.1 Å². The Hall–Kier alpha value is -2.12. The smallest absolute Gasteiger partial charge is 0.244 e. The maximum Gasteiger partial charge on any atom is 0.244 e. The molecule has 3 rings (SSSR count). The van der Waals surface area contributed by atoms with E-state index in [1.807, 2.05) is 37.2 Å². The molecule has 1 aliphatic rings. The summed E-state index contributed by atoms with van der Waals surface area (Å²) in [4.78, 5) is 13.3. The van der Waals surface area contributed by atoms with Gasteiger partial charge in [0.25, 0.3) is 0 Å². The number of rotatable bonds is 4. The van der Waals surface area contributed by atoms with E-state index in [1.54, 1.807) is 18.2 Å². The number of benzene rings is 2. The average Bonchev–Trinajstić information content (AvgIpc) is 3.27. The number of fused-ring (bicyclic) bond motifs is 1. The third kappa shape index (κ3) is 2.22. The first kappa shape index (κ1) is 14.8. The average molecular weight is 319 g/mol. The summed E-state index contributed by atoms with van der Waals surface area (Å²) in [5, 5.41) is 1.50. The molecule has 0 saturated carbocycles. The molecule has 2 N–H and O–H groups in total. The van der Waals surface area contributed by atoms with Crippen LogP contribution in [0.4, 0.5) is 5.69 Å². The van der Waals surface area contributed by atoms with E-state index in [4.69, 9.17) is 5.73 Å². The lowest BCUT2D eigenvalue weighted by Crippen LogP contribution is -2.25. The zero-order valence-electron chi connectivity index (χ0n) is 12.4. The molecule has 0 aromatic heterocycles. The first-order chi connectivity index (χ1) is 10.3. The summed E-state index contributed by atoms with van der Waals surface area (Å²) in [5.74, 6) is -0.613. The van der Waals surface area contributed by atoms with Crippen molar-refractivity contribution in [3.8, 4) is 0 Å². The molecular formula is C15H17N3O3S. The van der Waals surface area contributed by atoms with E-state index in [0.29, 0.717) is 5.39 Å². The van der Waals surface area contributed by atoms with E-state index in [1.165, 1.54) is 0 Å². The fraction of sp³-hybridized carbons (Fsp3) is 0.267. The monoisotopic (exact) mass is 319 g/mol. The van der Waals surface area contributed by atoms with Crippen molar-refractivity contribution >= 4 is 32.4 Å². The molecule has 1 amide bonds. The second-order valence-electron chi connectivity index (χ2n) is 5.52. The van der Waals surface area contributed by atoms with Crippen LogP contribution in [0.5, 0.6) is 0 Å². The predicted molar refractivity (Wildman–Crippen MR) is 85.1 cm³/mol. The van der Waals surface area contributed by atoms with Gasteiger partial charge in [0.2, 0.25) is 15.9 Å². The van der Waals surface area contributed by atoms with Crippen LogP contribution in [0.15, 0.2) is 41.3 Å². The highest BCUT2D eigenvalue weighted by molar-refractivity contribution is 7.89. The Labute approximate surface area is 129 Å². The minimum atomic E-state index is -3.72. The van der Waals surface area contributed by atoms with E-state index >= 15 is 0 Å². The third-order valence-electron chi connectivity index (χ3n) is 3.82. The third-order valence-corrected chi connectivity index (χ3v) is 5.76. The van der Waals surface area contributed by atoms with Crippen LogP contribution in [0, 0.1) is 0 Å². The van der Waals surface area contributed by atoms with Gasteiger partial charge in [-0.25, -0.2) is 8.42 Å². The highest BCUT2D eigenvalue weighted by Crippen LogP contribution is 2.35. The molecule has 6 nitrogen and oxygen atoms in total. The van der Waals surface area contributed by atoms with Gasteiger partial charge in [0.1, 0.15) is 6.04 Å². The molecule has 2 aromatic rings. The van der Waals surface area contributed by atoms with E-state index in [0.717, 1.165) is 15.4 Å². The lowest BCUT2D eigenvalue weighted by atomic mass is 10.1. The maximum absolute atomic E-state index is 12.7. The highest BCUT2D eigenvalue weighted by Gasteiger charge is 2.48. The van der Waals surface area contributed by atoms with E-state index < -0.39 is 22.0 Å². The van der Waals surface area contributed by atoms with Crippen LogP contribution in [0.25, 0.3) is 10.8 Å². The number of carbonyl (C=O) groups is 1. The number of carbonyl (C=O) groups excluding carboxylic acids is 1. The summed E-state index contributed by atoms with van der Waals surface area (Å²) < 4.78 is 26.5. The van der Waals surface area contributed by atoms with Crippen molar-refractivity contribution in [3.63, 3.8) is 0 Å². The number of primary amides is 1. The zero-order valence-corrected chi connectivity index (χ0v) is 13.2. The summed E-state index contributed by atoms with van der Waals surface area (Å²) in [6.45, 7) is 0.154. The fourth-order valence-electron chi connectivity index (χ4n) is 2.63. The Balaban J connectivity index is 2.17. The van der Waals surface area contributed by atoms with Crippen LogP contribution >= 0.6 is 0 Å². The van der Waals surface area contributed by atoms with Gasteiger partial charge in [-0.15, -0.1) is 0 Å². The second-order valence-corrected chi connectivity index (χ2v) is 7.37. The Kier molecular flexibility index (Phi) is 3.34. The zero-order chi connectivity index (χ0) is 16.1. The lowest BCUT2D eigenvalue weighted by Gasteiger charge is -2.17. The molecule has 0 aliphatic carbocycles. The molecule has 22 heavy (non-hydrogen) atoms. The standard InChI is InChI=1S/C15H17N3O3S/c1-17(2)12-7-3-6-11-10(12)5-4-8-14(11)22(20,21)18-9-13(18)15(16)19/h3-8,13H,9H2,1-2H3,(H2,16,19). The van der Waals surface area contributed by atoms with Crippen molar-refractivity contribution in [3.05, 3.63) is 36.4 Å². The van der Waals surface area contributed by atoms with Crippen molar-refractivity contribution in [2.24, 2.45) is 5.73 Å². The summed E-state index contributed by atoms with van der Waals surface area (Å²) in [6, 6.07) is 9.97. The van der Waals surface area contributed by atoms with Gasteiger partial charge in [-0.3, -0.25) is 4.79 Å². The quantitative estimate of drug-likeness (QED) is 0.844. The predicted octanol–water partition coefficient (Wildman–Crippen LogP) is 0.764. The van der Waals surface area contributed by atoms with Crippen LogP contribution in [0.2, 0.25) is 0 Å². The van der Waals surface area contributed by atoms with Crippen LogP contribution < -0.4 is 10.6 Å². The molecule has 2 aromatic carbocycles. The molecule has 0 radical (unpaired) electrons. The molecule has 0 spiro atoms. The van der Waals surface area contributed by atoms with E-state index in [-0.39, 0.29) is 11.4 Å². The van der Waals surface area contributed by atoms with Gasteiger partial charge in [-0.2, -0.15) is 4.31 Å².